The molecule has 1 N–H and O–H groups in total. The second kappa shape index (κ2) is 8.31. The first kappa shape index (κ1) is 18.3. The van der Waals surface area contributed by atoms with E-state index in [2.05, 4.69) is 33.4 Å². The average molecular weight is 392 g/mol. The fourth-order valence-electron chi connectivity index (χ4n) is 2.85. The molecule has 0 aliphatic rings. The van der Waals surface area contributed by atoms with Gasteiger partial charge in [0.15, 0.2) is 5.82 Å². The van der Waals surface area contributed by atoms with Gasteiger partial charge in [-0.25, -0.2) is 4.98 Å². The zero-order valence-corrected chi connectivity index (χ0v) is 16.3. The molecule has 0 atom stereocenters. The molecule has 0 spiro atoms. The first-order valence-electron chi connectivity index (χ1n) is 9.28. The summed E-state index contributed by atoms with van der Waals surface area (Å²) in [5, 5.41) is 7.77. The van der Waals surface area contributed by atoms with Crippen LogP contribution in [-0.4, -0.2) is 21.0 Å². The number of carbonyl (C=O) groups excluding carboxylic acids is 1. The molecule has 4 aromatic rings. The van der Waals surface area contributed by atoms with Crippen molar-refractivity contribution in [3.05, 3.63) is 60.2 Å². The van der Waals surface area contributed by atoms with Gasteiger partial charge in [-0.15, -0.1) is 11.3 Å². The number of hydrogen-bond acceptors (Lipinski definition) is 6. The highest BCUT2D eigenvalue weighted by atomic mass is 32.1. The van der Waals surface area contributed by atoms with Crippen molar-refractivity contribution in [2.45, 2.75) is 32.6 Å². The number of hydrogen-bond donors (Lipinski definition) is 1. The molecule has 0 unspecified atom stereocenters. The smallest absolute Gasteiger partial charge is 0.227 e. The van der Waals surface area contributed by atoms with Crippen LogP contribution in [0.3, 0.4) is 0 Å². The van der Waals surface area contributed by atoms with Crippen molar-refractivity contribution >= 4 is 33.1 Å². The van der Waals surface area contributed by atoms with Crippen LogP contribution < -0.4 is 5.32 Å². The number of aryl methyl sites for hydroxylation is 2. The second-order valence-corrected chi connectivity index (χ2v) is 7.50. The molecule has 0 aliphatic carbocycles. The number of rotatable bonds is 7. The maximum absolute atomic E-state index is 12.2. The molecule has 0 saturated heterocycles. The van der Waals surface area contributed by atoms with Gasteiger partial charge in [0.1, 0.15) is 5.01 Å². The summed E-state index contributed by atoms with van der Waals surface area (Å²) >= 11 is 1.66. The van der Waals surface area contributed by atoms with Gasteiger partial charge in [0.2, 0.25) is 11.8 Å². The minimum absolute atomic E-state index is 0.0806. The zero-order valence-electron chi connectivity index (χ0n) is 15.5. The minimum atomic E-state index is -0.0806. The maximum Gasteiger partial charge on any atom is 0.227 e. The minimum Gasteiger partial charge on any atom is -0.339 e. The number of fused-ring (bicyclic) bond motifs is 1. The molecule has 2 aromatic heterocycles. The standard InChI is InChI=1S/C21H20N4O2S/c1-2-5-18-24-20(27-25-18)13-12-19(26)22-15-10-8-14(9-11-15)21-23-16-6-3-4-7-17(16)28-21/h3-4,6-11H,2,5,12-13H2,1H3,(H,22,26). The lowest BCUT2D eigenvalue weighted by Gasteiger charge is -2.05. The highest BCUT2D eigenvalue weighted by Crippen LogP contribution is 2.30. The van der Waals surface area contributed by atoms with E-state index in [-0.39, 0.29) is 5.91 Å². The predicted octanol–water partition coefficient (Wildman–Crippen LogP) is 4.87. The van der Waals surface area contributed by atoms with Gasteiger partial charge < -0.3 is 9.84 Å². The van der Waals surface area contributed by atoms with Crippen LogP contribution in [0.15, 0.2) is 53.1 Å². The van der Waals surface area contributed by atoms with Crippen LogP contribution >= 0.6 is 11.3 Å². The molecule has 142 valence electrons. The van der Waals surface area contributed by atoms with Crippen LogP contribution in [0.25, 0.3) is 20.8 Å². The lowest BCUT2D eigenvalue weighted by atomic mass is 10.2. The van der Waals surface area contributed by atoms with E-state index >= 15 is 0 Å². The molecule has 0 saturated carbocycles. The monoisotopic (exact) mass is 392 g/mol. The molecule has 6 nitrogen and oxygen atoms in total. The molecule has 0 bridgehead atoms. The van der Waals surface area contributed by atoms with Crippen LogP contribution in [0, 0.1) is 0 Å². The molecule has 7 heteroatoms. The number of nitrogens with one attached hydrogen (secondary N) is 1. The zero-order chi connectivity index (χ0) is 19.3. The highest BCUT2D eigenvalue weighted by molar-refractivity contribution is 7.21. The third-order valence-electron chi connectivity index (χ3n) is 4.26. The van der Waals surface area contributed by atoms with Crippen LogP contribution in [0.1, 0.15) is 31.5 Å². The van der Waals surface area contributed by atoms with E-state index < -0.39 is 0 Å². The fourth-order valence-corrected chi connectivity index (χ4v) is 3.82. The molecule has 1 amide bonds. The Kier molecular flexibility index (Phi) is 5.43. The number of nitrogens with zero attached hydrogens (tertiary/aromatic N) is 3. The first-order valence-corrected chi connectivity index (χ1v) is 10.1. The molecular formula is C21H20N4O2S. The van der Waals surface area contributed by atoms with E-state index in [1.807, 2.05) is 42.5 Å². The van der Waals surface area contributed by atoms with Crippen molar-refractivity contribution < 1.29 is 9.32 Å². The number of amides is 1. The average Bonchev–Trinajstić information content (AvgIpc) is 3.34. The predicted molar refractivity (Wildman–Crippen MR) is 110 cm³/mol. The molecule has 0 aliphatic heterocycles. The summed E-state index contributed by atoms with van der Waals surface area (Å²) in [7, 11) is 0. The summed E-state index contributed by atoms with van der Waals surface area (Å²) < 4.78 is 6.33. The van der Waals surface area contributed by atoms with E-state index in [0.29, 0.717) is 24.6 Å². The summed E-state index contributed by atoms with van der Waals surface area (Å²) in [5.41, 5.74) is 2.79. The Hall–Kier alpha value is -3.06. The van der Waals surface area contributed by atoms with Crippen molar-refractivity contribution in [1.29, 1.82) is 0 Å². The Balaban J connectivity index is 1.35. The van der Waals surface area contributed by atoms with Gasteiger partial charge >= 0.3 is 0 Å². The number of thiazole rings is 1. The Morgan fingerprint density at radius 2 is 1.89 bits per heavy atom. The van der Waals surface area contributed by atoms with Crippen LogP contribution in [0.5, 0.6) is 0 Å². The fraction of sp³-hybridized carbons (Fsp3) is 0.238. The van der Waals surface area contributed by atoms with E-state index in [9.17, 15) is 4.79 Å². The van der Waals surface area contributed by atoms with Crippen molar-refractivity contribution in [2.75, 3.05) is 5.32 Å². The van der Waals surface area contributed by atoms with Gasteiger partial charge in [-0.1, -0.05) is 24.2 Å². The van der Waals surface area contributed by atoms with Crippen molar-refractivity contribution in [1.82, 2.24) is 15.1 Å². The summed E-state index contributed by atoms with van der Waals surface area (Å²) in [6.07, 6.45) is 2.49. The van der Waals surface area contributed by atoms with Crippen molar-refractivity contribution in [3.8, 4) is 10.6 Å². The van der Waals surface area contributed by atoms with E-state index in [4.69, 9.17) is 4.52 Å². The summed E-state index contributed by atoms with van der Waals surface area (Å²) in [6, 6.07) is 15.8. The van der Waals surface area contributed by atoms with E-state index in [1.54, 1.807) is 11.3 Å². The van der Waals surface area contributed by atoms with Gasteiger partial charge in [-0.05, 0) is 42.8 Å². The largest absolute Gasteiger partial charge is 0.339 e. The van der Waals surface area contributed by atoms with Crippen molar-refractivity contribution in [2.24, 2.45) is 0 Å². The third kappa shape index (κ3) is 4.26. The molecule has 28 heavy (non-hydrogen) atoms. The first-order chi connectivity index (χ1) is 13.7. The lowest BCUT2D eigenvalue weighted by Crippen LogP contribution is -2.12. The number of carbonyl (C=O) groups is 1. The summed E-state index contributed by atoms with van der Waals surface area (Å²) in [6.45, 7) is 2.06. The van der Waals surface area contributed by atoms with Gasteiger partial charge in [-0.2, -0.15) is 4.98 Å². The Morgan fingerprint density at radius 1 is 1.07 bits per heavy atom. The van der Waals surface area contributed by atoms with Crippen molar-refractivity contribution in [3.63, 3.8) is 0 Å². The Labute approximate surface area is 166 Å². The number of para-hydroxylation sites is 1. The topological polar surface area (TPSA) is 80.9 Å². The number of benzene rings is 2. The van der Waals surface area contributed by atoms with Crippen LogP contribution in [0.4, 0.5) is 5.69 Å². The Morgan fingerprint density at radius 3 is 2.68 bits per heavy atom. The van der Waals surface area contributed by atoms with Crippen LogP contribution in [0.2, 0.25) is 0 Å². The molecule has 4 rings (SSSR count). The summed E-state index contributed by atoms with van der Waals surface area (Å²) in [4.78, 5) is 21.1. The SMILES string of the molecule is CCCc1noc(CCC(=O)Nc2ccc(-c3nc4ccccc4s3)cc2)n1. The van der Waals surface area contributed by atoms with E-state index in [1.165, 1.54) is 0 Å². The summed E-state index contributed by atoms with van der Waals surface area (Å²) in [5.74, 6) is 1.12. The molecular weight excluding hydrogens is 372 g/mol. The third-order valence-corrected chi connectivity index (χ3v) is 5.34. The number of aromatic nitrogens is 3. The van der Waals surface area contributed by atoms with Gasteiger partial charge in [0, 0.05) is 30.5 Å². The quantitative estimate of drug-likeness (QED) is 0.485. The van der Waals surface area contributed by atoms with E-state index in [0.717, 1.165) is 39.3 Å². The molecule has 2 heterocycles. The molecule has 2 aromatic carbocycles. The highest BCUT2D eigenvalue weighted by Gasteiger charge is 2.10. The number of anilines is 1. The van der Waals surface area contributed by atoms with Gasteiger partial charge in [0.25, 0.3) is 0 Å². The Bertz CT molecular complexity index is 1050. The van der Waals surface area contributed by atoms with Gasteiger partial charge in [0.05, 0.1) is 10.2 Å². The normalized spacial score (nSPS) is 11.0. The van der Waals surface area contributed by atoms with Gasteiger partial charge in [-0.3, -0.25) is 4.79 Å². The molecule has 0 radical (unpaired) electrons. The molecule has 0 fully saturated rings. The lowest BCUT2D eigenvalue weighted by molar-refractivity contribution is -0.116. The van der Waals surface area contributed by atoms with Crippen LogP contribution in [-0.2, 0) is 17.6 Å². The second-order valence-electron chi connectivity index (χ2n) is 6.47. The maximum atomic E-state index is 12.2.